The van der Waals surface area contributed by atoms with Crippen LogP contribution in [0, 0.1) is 5.92 Å². The third kappa shape index (κ3) is 4.21. The summed E-state index contributed by atoms with van der Waals surface area (Å²) in [6.07, 6.45) is 1.56. The summed E-state index contributed by atoms with van der Waals surface area (Å²) in [7, 11) is 4.09. The Balaban J connectivity index is 2.03. The number of amides is 1. The minimum atomic E-state index is 0.126. The van der Waals surface area contributed by atoms with Crippen molar-refractivity contribution >= 4 is 5.91 Å². The molecule has 1 atom stereocenters. The number of ether oxygens (including phenoxy) is 1. The van der Waals surface area contributed by atoms with Crippen LogP contribution in [0.3, 0.4) is 0 Å². The molecular formula is C17H26N2O2. The average Bonchev–Trinajstić information content (AvgIpc) is 2.85. The molecule has 1 aromatic rings. The lowest BCUT2D eigenvalue weighted by Gasteiger charge is -2.25. The van der Waals surface area contributed by atoms with Gasteiger partial charge in [0.2, 0.25) is 5.91 Å². The quantitative estimate of drug-likeness (QED) is 0.874. The number of benzene rings is 1. The summed E-state index contributed by atoms with van der Waals surface area (Å²) in [4.78, 5) is 14.0. The Labute approximate surface area is 127 Å². The van der Waals surface area contributed by atoms with Crippen molar-refractivity contribution in [2.75, 3.05) is 27.2 Å². The summed E-state index contributed by atoms with van der Waals surface area (Å²) in [5.74, 6) is 1.52. The van der Waals surface area contributed by atoms with E-state index in [0.717, 1.165) is 18.8 Å². The number of fused-ring (bicyclic) bond motifs is 1. The number of hydrogen-bond donors (Lipinski definition) is 1. The van der Waals surface area contributed by atoms with Gasteiger partial charge in [0.1, 0.15) is 5.75 Å². The van der Waals surface area contributed by atoms with Gasteiger partial charge in [-0.3, -0.25) is 4.79 Å². The predicted octanol–water partition coefficient (Wildman–Crippen LogP) is 2.39. The molecule has 0 bridgehead atoms. The number of nitrogens with one attached hydrogen (secondary N) is 1. The first-order chi connectivity index (χ1) is 9.97. The van der Waals surface area contributed by atoms with E-state index in [0.29, 0.717) is 18.9 Å². The molecule has 0 aliphatic carbocycles. The van der Waals surface area contributed by atoms with Crippen LogP contribution in [-0.4, -0.2) is 38.1 Å². The van der Waals surface area contributed by atoms with Crippen molar-refractivity contribution < 1.29 is 9.53 Å². The lowest BCUT2D eigenvalue weighted by Crippen LogP contribution is -2.35. The van der Waals surface area contributed by atoms with Gasteiger partial charge in [-0.15, -0.1) is 0 Å². The fourth-order valence-corrected chi connectivity index (χ4v) is 2.67. The number of hydrogen-bond acceptors (Lipinski definition) is 3. The summed E-state index contributed by atoms with van der Waals surface area (Å²) >= 11 is 0. The standard InChI is InChI=1S/C17H26N2O2/c1-12(2)9-17(20)18-11-15(19(3)4)13-5-6-16-14(10-13)7-8-21-16/h5-6,10,12,15H,7-9,11H2,1-4H3,(H,18,20). The van der Waals surface area contributed by atoms with E-state index in [1.54, 1.807) is 0 Å². The topological polar surface area (TPSA) is 41.6 Å². The number of carbonyl (C=O) groups is 1. The van der Waals surface area contributed by atoms with E-state index in [-0.39, 0.29) is 11.9 Å². The lowest BCUT2D eigenvalue weighted by atomic mass is 10.0. The minimum Gasteiger partial charge on any atom is -0.493 e. The monoisotopic (exact) mass is 290 g/mol. The zero-order chi connectivity index (χ0) is 15.4. The molecule has 1 aliphatic heterocycles. The van der Waals surface area contributed by atoms with Crippen molar-refractivity contribution in [3.05, 3.63) is 29.3 Å². The largest absolute Gasteiger partial charge is 0.493 e. The Morgan fingerprint density at radius 1 is 1.38 bits per heavy atom. The Bertz CT molecular complexity index is 498. The van der Waals surface area contributed by atoms with Crippen molar-refractivity contribution in [2.45, 2.75) is 32.7 Å². The number of rotatable bonds is 6. The van der Waals surface area contributed by atoms with Gasteiger partial charge in [0, 0.05) is 19.4 Å². The molecule has 1 N–H and O–H groups in total. The molecule has 0 aromatic heterocycles. The van der Waals surface area contributed by atoms with Crippen molar-refractivity contribution in [1.82, 2.24) is 10.2 Å². The Hall–Kier alpha value is -1.55. The van der Waals surface area contributed by atoms with Crippen molar-refractivity contribution in [3.8, 4) is 5.75 Å². The summed E-state index contributed by atoms with van der Waals surface area (Å²) < 4.78 is 5.55. The molecule has 1 heterocycles. The summed E-state index contributed by atoms with van der Waals surface area (Å²) in [6.45, 7) is 5.53. The SMILES string of the molecule is CC(C)CC(=O)NCC(c1ccc2c(c1)CCO2)N(C)C. The minimum absolute atomic E-state index is 0.126. The fourth-order valence-electron chi connectivity index (χ4n) is 2.67. The van der Waals surface area contributed by atoms with Crippen molar-refractivity contribution in [1.29, 1.82) is 0 Å². The number of nitrogens with zero attached hydrogens (tertiary/aromatic N) is 1. The molecule has 1 aliphatic rings. The molecule has 0 radical (unpaired) electrons. The smallest absolute Gasteiger partial charge is 0.220 e. The lowest BCUT2D eigenvalue weighted by molar-refractivity contribution is -0.122. The highest BCUT2D eigenvalue weighted by molar-refractivity contribution is 5.76. The maximum absolute atomic E-state index is 11.8. The van der Waals surface area contributed by atoms with Gasteiger partial charge in [-0.1, -0.05) is 26.0 Å². The highest BCUT2D eigenvalue weighted by Crippen LogP contribution is 2.29. The second-order valence-electron chi connectivity index (χ2n) is 6.35. The zero-order valence-corrected chi connectivity index (χ0v) is 13.5. The highest BCUT2D eigenvalue weighted by atomic mass is 16.5. The Morgan fingerprint density at radius 2 is 2.14 bits per heavy atom. The van der Waals surface area contributed by atoms with Gasteiger partial charge in [0.05, 0.1) is 12.6 Å². The maximum Gasteiger partial charge on any atom is 0.220 e. The van der Waals surface area contributed by atoms with E-state index < -0.39 is 0 Å². The van der Waals surface area contributed by atoms with Gasteiger partial charge >= 0.3 is 0 Å². The zero-order valence-electron chi connectivity index (χ0n) is 13.5. The molecule has 0 saturated carbocycles. The van der Waals surface area contributed by atoms with Crippen LogP contribution < -0.4 is 10.1 Å². The molecule has 2 rings (SSSR count). The first-order valence-electron chi connectivity index (χ1n) is 7.66. The molecule has 0 fully saturated rings. The van der Waals surface area contributed by atoms with E-state index in [1.807, 2.05) is 20.2 Å². The second kappa shape index (κ2) is 6.94. The van der Waals surface area contributed by atoms with Crippen LogP contribution in [0.25, 0.3) is 0 Å². The van der Waals surface area contributed by atoms with Crippen LogP contribution in [0.2, 0.25) is 0 Å². The second-order valence-corrected chi connectivity index (χ2v) is 6.35. The molecule has 0 spiro atoms. The van der Waals surface area contributed by atoms with Gasteiger partial charge in [-0.25, -0.2) is 0 Å². The molecular weight excluding hydrogens is 264 g/mol. The van der Waals surface area contributed by atoms with Gasteiger partial charge in [-0.05, 0) is 37.2 Å². The van der Waals surface area contributed by atoms with Crippen LogP contribution in [0.1, 0.15) is 37.4 Å². The van der Waals surface area contributed by atoms with Crippen LogP contribution in [0.15, 0.2) is 18.2 Å². The van der Waals surface area contributed by atoms with E-state index >= 15 is 0 Å². The Kier molecular flexibility index (Phi) is 5.23. The van der Waals surface area contributed by atoms with E-state index in [2.05, 4.69) is 36.2 Å². The molecule has 21 heavy (non-hydrogen) atoms. The highest BCUT2D eigenvalue weighted by Gasteiger charge is 2.19. The average molecular weight is 290 g/mol. The van der Waals surface area contributed by atoms with Gasteiger partial charge in [0.25, 0.3) is 0 Å². The van der Waals surface area contributed by atoms with E-state index in [1.165, 1.54) is 11.1 Å². The maximum atomic E-state index is 11.8. The third-order valence-electron chi connectivity index (χ3n) is 3.81. The summed E-state index contributed by atoms with van der Waals surface area (Å²) in [6, 6.07) is 6.54. The predicted molar refractivity (Wildman–Crippen MR) is 84.5 cm³/mol. The number of likely N-dealkylation sites (N-methyl/N-ethyl adjacent to an activating group) is 1. The first-order valence-corrected chi connectivity index (χ1v) is 7.66. The Morgan fingerprint density at radius 3 is 2.81 bits per heavy atom. The molecule has 4 heteroatoms. The molecule has 116 valence electrons. The normalized spacial score (nSPS) is 15.0. The number of carbonyl (C=O) groups excluding carboxylic acids is 1. The van der Waals surface area contributed by atoms with Crippen LogP contribution in [0.4, 0.5) is 0 Å². The van der Waals surface area contributed by atoms with E-state index in [4.69, 9.17) is 4.74 Å². The first kappa shape index (κ1) is 15.8. The van der Waals surface area contributed by atoms with Crippen LogP contribution in [0.5, 0.6) is 5.75 Å². The van der Waals surface area contributed by atoms with Crippen LogP contribution >= 0.6 is 0 Å². The molecule has 1 unspecified atom stereocenters. The van der Waals surface area contributed by atoms with Gasteiger partial charge in [0.15, 0.2) is 0 Å². The van der Waals surface area contributed by atoms with Crippen LogP contribution in [-0.2, 0) is 11.2 Å². The third-order valence-corrected chi connectivity index (χ3v) is 3.81. The molecule has 0 saturated heterocycles. The van der Waals surface area contributed by atoms with Crippen molar-refractivity contribution in [2.24, 2.45) is 5.92 Å². The molecule has 1 aromatic carbocycles. The molecule has 4 nitrogen and oxygen atoms in total. The van der Waals surface area contributed by atoms with Gasteiger partial charge in [-0.2, -0.15) is 0 Å². The fraction of sp³-hybridized carbons (Fsp3) is 0.588. The summed E-state index contributed by atoms with van der Waals surface area (Å²) in [5.41, 5.74) is 2.50. The van der Waals surface area contributed by atoms with E-state index in [9.17, 15) is 4.79 Å². The molecule has 1 amide bonds. The van der Waals surface area contributed by atoms with Crippen molar-refractivity contribution in [3.63, 3.8) is 0 Å². The van der Waals surface area contributed by atoms with Gasteiger partial charge < -0.3 is 15.0 Å². The summed E-state index contributed by atoms with van der Waals surface area (Å²) in [5, 5.41) is 3.05.